The summed E-state index contributed by atoms with van der Waals surface area (Å²) in [6.45, 7) is 0.290. The highest BCUT2D eigenvalue weighted by molar-refractivity contribution is 5.67. The Hall–Kier alpha value is -1.11. The van der Waals surface area contributed by atoms with E-state index in [1.807, 2.05) is 12.2 Å². The topological polar surface area (TPSA) is 66.0 Å². The average molecular weight is 257 g/mol. The van der Waals surface area contributed by atoms with E-state index in [0.29, 0.717) is 13.2 Å². The molecule has 1 saturated heterocycles. The smallest absolute Gasteiger partial charge is 0.407 e. The lowest BCUT2D eigenvalue weighted by Crippen LogP contribution is -2.35. The molecule has 0 spiro atoms. The molecule has 0 aromatic carbocycles. The molecular weight excluding hydrogens is 238 g/mol. The normalized spacial score (nSPS) is 37.2. The van der Waals surface area contributed by atoms with Crippen LogP contribution in [0.1, 0.15) is 12.8 Å². The monoisotopic (exact) mass is 257 g/mol. The van der Waals surface area contributed by atoms with Crippen molar-refractivity contribution in [1.82, 2.24) is 5.32 Å². The second-order valence-electron chi connectivity index (χ2n) is 4.35. The summed E-state index contributed by atoms with van der Waals surface area (Å²) in [5.41, 5.74) is 0. The Kier molecular flexibility index (Phi) is 4.57. The fourth-order valence-electron chi connectivity index (χ4n) is 2.19. The van der Waals surface area contributed by atoms with Gasteiger partial charge in [0.1, 0.15) is 12.9 Å². The van der Waals surface area contributed by atoms with Gasteiger partial charge in [0.2, 0.25) is 0 Å². The largest absolute Gasteiger partial charge is 0.442 e. The van der Waals surface area contributed by atoms with Crippen LogP contribution in [0.25, 0.3) is 0 Å². The Morgan fingerprint density at radius 2 is 1.83 bits per heavy atom. The van der Waals surface area contributed by atoms with Gasteiger partial charge in [-0.05, 0) is 6.08 Å². The second kappa shape index (κ2) is 6.17. The summed E-state index contributed by atoms with van der Waals surface area (Å²) in [6.07, 6.45) is 4.24. The number of hydrogen-bond acceptors (Lipinski definition) is 5. The molecule has 0 saturated carbocycles. The van der Waals surface area contributed by atoms with Gasteiger partial charge in [0.25, 0.3) is 0 Å². The molecule has 0 aromatic heterocycles. The molecule has 1 amide bonds. The van der Waals surface area contributed by atoms with Crippen LogP contribution in [0.15, 0.2) is 12.2 Å². The van der Waals surface area contributed by atoms with Gasteiger partial charge in [-0.1, -0.05) is 6.08 Å². The molecule has 4 unspecified atom stereocenters. The molecule has 2 aliphatic rings. The SMILES string of the molecule is CNC(=O)OC1/C=C/C(OC)CC2OCOC2C1. The van der Waals surface area contributed by atoms with Gasteiger partial charge in [0.15, 0.2) is 0 Å². The van der Waals surface area contributed by atoms with Crippen molar-refractivity contribution in [3.8, 4) is 0 Å². The lowest BCUT2D eigenvalue weighted by Gasteiger charge is -2.26. The number of amides is 1. The maximum absolute atomic E-state index is 11.3. The first-order valence-corrected chi connectivity index (χ1v) is 6.05. The maximum atomic E-state index is 11.3. The number of methoxy groups -OCH3 is 1. The van der Waals surface area contributed by atoms with Gasteiger partial charge in [0, 0.05) is 27.0 Å². The predicted molar refractivity (Wildman–Crippen MR) is 63.1 cm³/mol. The first kappa shape index (κ1) is 13.3. The van der Waals surface area contributed by atoms with Crippen LogP contribution in [0.2, 0.25) is 0 Å². The van der Waals surface area contributed by atoms with Crippen LogP contribution in [-0.2, 0) is 18.9 Å². The quantitative estimate of drug-likeness (QED) is 0.742. The van der Waals surface area contributed by atoms with Crippen molar-refractivity contribution in [3.63, 3.8) is 0 Å². The van der Waals surface area contributed by atoms with Crippen LogP contribution in [0.3, 0.4) is 0 Å². The van der Waals surface area contributed by atoms with Crippen LogP contribution < -0.4 is 5.32 Å². The summed E-state index contributed by atoms with van der Waals surface area (Å²) in [6, 6.07) is 0. The highest BCUT2D eigenvalue weighted by atomic mass is 16.7. The van der Waals surface area contributed by atoms with E-state index in [1.54, 1.807) is 7.11 Å². The van der Waals surface area contributed by atoms with E-state index in [1.165, 1.54) is 7.05 Å². The Morgan fingerprint density at radius 1 is 1.22 bits per heavy atom. The minimum Gasteiger partial charge on any atom is -0.442 e. The number of hydrogen-bond donors (Lipinski definition) is 1. The number of fused-ring (bicyclic) bond motifs is 1. The zero-order valence-electron chi connectivity index (χ0n) is 10.6. The second-order valence-corrected chi connectivity index (χ2v) is 4.35. The molecule has 4 atom stereocenters. The molecule has 1 aliphatic carbocycles. The third kappa shape index (κ3) is 3.22. The highest BCUT2D eigenvalue weighted by Crippen LogP contribution is 2.26. The molecule has 1 fully saturated rings. The van der Waals surface area contributed by atoms with Crippen molar-refractivity contribution >= 4 is 6.09 Å². The first-order valence-electron chi connectivity index (χ1n) is 6.05. The molecule has 102 valence electrons. The van der Waals surface area contributed by atoms with Gasteiger partial charge in [-0.3, -0.25) is 0 Å². The lowest BCUT2D eigenvalue weighted by molar-refractivity contribution is 0.0254. The van der Waals surface area contributed by atoms with Gasteiger partial charge < -0.3 is 24.3 Å². The summed E-state index contributed by atoms with van der Waals surface area (Å²) in [5, 5.41) is 2.43. The van der Waals surface area contributed by atoms with E-state index in [4.69, 9.17) is 18.9 Å². The summed E-state index contributed by atoms with van der Waals surface area (Å²) in [7, 11) is 3.18. The molecule has 0 radical (unpaired) electrons. The number of nitrogens with one attached hydrogen (secondary N) is 1. The third-order valence-corrected chi connectivity index (χ3v) is 3.21. The fourth-order valence-corrected chi connectivity index (χ4v) is 2.19. The number of ether oxygens (including phenoxy) is 4. The molecule has 1 heterocycles. The summed E-state index contributed by atoms with van der Waals surface area (Å²) < 4.78 is 21.6. The molecule has 0 aromatic rings. The lowest BCUT2D eigenvalue weighted by atomic mass is 9.97. The molecule has 6 heteroatoms. The standard InChI is InChI=1S/C12H19NO5/c1-13-12(14)18-9-4-3-8(15-2)5-10-11(6-9)17-7-16-10/h3-4,8-11H,5-7H2,1-2H3,(H,13,14)/b4-3+. The Morgan fingerprint density at radius 3 is 2.44 bits per heavy atom. The van der Waals surface area contributed by atoms with E-state index < -0.39 is 6.09 Å². The van der Waals surface area contributed by atoms with Gasteiger partial charge in [0.05, 0.1) is 18.3 Å². The average Bonchev–Trinajstić information content (AvgIpc) is 2.77. The zero-order valence-corrected chi connectivity index (χ0v) is 10.6. The summed E-state index contributed by atoms with van der Waals surface area (Å²) >= 11 is 0. The van der Waals surface area contributed by atoms with Gasteiger partial charge in [-0.25, -0.2) is 4.79 Å². The molecular formula is C12H19NO5. The van der Waals surface area contributed by atoms with Crippen LogP contribution in [0.5, 0.6) is 0 Å². The first-order chi connectivity index (χ1) is 8.72. The van der Waals surface area contributed by atoms with Gasteiger partial charge in [-0.15, -0.1) is 0 Å². The van der Waals surface area contributed by atoms with E-state index >= 15 is 0 Å². The van der Waals surface area contributed by atoms with E-state index in [9.17, 15) is 4.79 Å². The molecule has 18 heavy (non-hydrogen) atoms. The molecule has 1 N–H and O–H groups in total. The van der Waals surface area contributed by atoms with E-state index in [2.05, 4.69) is 5.32 Å². The summed E-state index contributed by atoms with van der Waals surface area (Å²) in [4.78, 5) is 11.3. The fraction of sp³-hybridized carbons (Fsp3) is 0.750. The Balaban J connectivity index is 2.05. The molecule has 6 nitrogen and oxygen atoms in total. The van der Waals surface area contributed by atoms with Crippen molar-refractivity contribution in [2.75, 3.05) is 21.0 Å². The van der Waals surface area contributed by atoms with Crippen molar-refractivity contribution in [2.45, 2.75) is 37.3 Å². The Bertz CT molecular complexity index is 320. The van der Waals surface area contributed by atoms with Gasteiger partial charge in [-0.2, -0.15) is 0 Å². The Labute approximate surface area is 106 Å². The molecule has 0 bridgehead atoms. The highest BCUT2D eigenvalue weighted by Gasteiger charge is 2.35. The minimum atomic E-state index is -0.449. The van der Waals surface area contributed by atoms with Crippen LogP contribution in [-0.4, -0.2) is 51.5 Å². The van der Waals surface area contributed by atoms with Crippen molar-refractivity contribution in [1.29, 1.82) is 0 Å². The van der Waals surface area contributed by atoms with Crippen LogP contribution in [0.4, 0.5) is 4.79 Å². The predicted octanol–water partition coefficient (Wildman–Crippen LogP) is 0.817. The minimum absolute atomic E-state index is 0.00399. The number of carbonyl (C=O) groups excluding carboxylic acids is 1. The van der Waals surface area contributed by atoms with Crippen LogP contribution in [0, 0.1) is 0 Å². The number of carbonyl (C=O) groups is 1. The van der Waals surface area contributed by atoms with E-state index in [0.717, 1.165) is 6.42 Å². The summed E-state index contributed by atoms with van der Waals surface area (Å²) in [5.74, 6) is 0. The van der Waals surface area contributed by atoms with Crippen molar-refractivity contribution < 1.29 is 23.7 Å². The van der Waals surface area contributed by atoms with E-state index in [-0.39, 0.29) is 24.4 Å². The van der Waals surface area contributed by atoms with Crippen LogP contribution >= 0.6 is 0 Å². The number of rotatable bonds is 2. The maximum Gasteiger partial charge on any atom is 0.407 e. The van der Waals surface area contributed by atoms with Gasteiger partial charge >= 0.3 is 6.09 Å². The molecule has 1 aliphatic heterocycles. The number of alkyl carbamates (subject to hydrolysis) is 1. The molecule has 2 rings (SSSR count). The zero-order chi connectivity index (χ0) is 13.0. The third-order valence-electron chi connectivity index (χ3n) is 3.21. The van der Waals surface area contributed by atoms with Crippen molar-refractivity contribution in [3.05, 3.63) is 12.2 Å². The van der Waals surface area contributed by atoms with Crippen molar-refractivity contribution in [2.24, 2.45) is 0 Å².